The number of likely N-dealkylation sites (tertiary alicyclic amines) is 1. The molecule has 0 unspecified atom stereocenters. The molecule has 1 fully saturated rings. The highest BCUT2D eigenvalue weighted by Gasteiger charge is 2.40. The summed E-state index contributed by atoms with van der Waals surface area (Å²) in [6, 6.07) is 5.05. The van der Waals surface area contributed by atoms with Crippen molar-refractivity contribution in [3.05, 3.63) is 34.2 Å². The molecule has 1 aromatic rings. The van der Waals surface area contributed by atoms with Crippen LogP contribution in [0.1, 0.15) is 24.1 Å². The van der Waals surface area contributed by atoms with Crippen molar-refractivity contribution >= 4 is 5.97 Å². The minimum absolute atomic E-state index is 0.0531. The van der Waals surface area contributed by atoms with Gasteiger partial charge in [-0.2, -0.15) is 0 Å². The van der Waals surface area contributed by atoms with Crippen LogP contribution in [0, 0.1) is 5.92 Å². The van der Waals surface area contributed by atoms with Gasteiger partial charge in [0.25, 0.3) is 5.56 Å². The van der Waals surface area contributed by atoms with Crippen molar-refractivity contribution in [3.63, 3.8) is 0 Å². The predicted octanol–water partition coefficient (Wildman–Crippen LogP) is -0.0262. The molecule has 2 bridgehead atoms. The van der Waals surface area contributed by atoms with Crippen LogP contribution in [0.25, 0.3) is 0 Å². The van der Waals surface area contributed by atoms with Gasteiger partial charge in [0, 0.05) is 30.8 Å². The van der Waals surface area contributed by atoms with E-state index >= 15 is 0 Å². The van der Waals surface area contributed by atoms with Crippen LogP contribution in [-0.4, -0.2) is 53.9 Å². The number of carbonyl (C=O) groups is 1. The lowest BCUT2D eigenvalue weighted by Gasteiger charge is -2.46. The van der Waals surface area contributed by atoms with Crippen LogP contribution in [0.5, 0.6) is 0 Å². The van der Waals surface area contributed by atoms with E-state index in [0.29, 0.717) is 6.54 Å². The second-order valence-corrected chi connectivity index (χ2v) is 5.87. The number of piperidine rings is 1. The van der Waals surface area contributed by atoms with E-state index in [1.807, 2.05) is 6.07 Å². The number of hydrogen-bond acceptors (Lipinski definition) is 5. The average molecular weight is 292 g/mol. The number of aromatic nitrogens is 1. The molecule has 0 aliphatic carbocycles. The standard InChI is InChI=1S/C15H20N2O4/c1-21-15(20)8-16-6-10-5-11(7-16)13(9-18)17-12(10)3-2-4-14(17)19/h2-4,10-11,13,18H,5-9H2,1H3/t10-,11+,13+/m1/s1. The van der Waals surface area contributed by atoms with Crippen LogP contribution in [-0.2, 0) is 9.53 Å². The average Bonchev–Trinajstić information content (AvgIpc) is 2.48. The third-order valence-corrected chi connectivity index (χ3v) is 4.64. The van der Waals surface area contributed by atoms with Gasteiger partial charge in [0.15, 0.2) is 0 Å². The van der Waals surface area contributed by atoms with Crippen LogP contribution in [0.3, 0.4) is 0 Å². The first kappa shape index (κ1) is 14.3. The third-order valence-electron chi connectivity index (χ3n) is 4.64. The van der Waals surface area contributed by atoms with Crippen LogP contribution in [0.15, 0.2) is 23.0 Å². The van der Waals surface area contributed by atoms with Crippen molar-refractivity contribution in [1.29, 1.82) is 0 Å². The monoisotopic (exact) mass is 292 g/mol. The summed E-state index contributed by atoms with van der Waals surface area (Å²) >= 11 is 0. The molecule has 6 nitrogen and oxygen atoms in total. The number of hydrogen-bond donors (Lipinski definition) is 1. The summed E-state index contributed by atoms with van der Waals surface area (Å²) in [6.07, 6.45) is 0.951. The van der Waals surface area contributed by atoms with Gasteiger partial charge in [0.1, 0.15) is 0 Å². The number of aliphatic hydroxyl groups excluding tert-OH is 1. The van der Waals surface area contributed by atoms with Crippen molar-refractivity contribution < 1.29 is 14.6 Å². The Balaban J connectivity index is 1.93. The Bertz CT molecular complexity index is 598. The number of ether oxygens (including phenoxy) is 1. The Kier molecular flexibility index (Phi) is 3.82. The van der Waals surface area contributed by atoms with Crippen molar-refractivity contribution in [2.45, 2.75) is 18.4 Å². The number of rotatable bonds is 3. The number of nitrogens with zero attached hydrogens (tertiary/aromatic N) is 2. The zero-order valence-electron chi connectivity index (χ0n) is 12.1. The van der Waals surface area contributed by atoms with E-state index in [-0.39, 0.29) is 42.6 Å². The maximum Gasteiger partial charge on any atom is 0.319 e. The zero-order chi connectivity index (χ0) is 15.0. The summed E-state index contributed by atoms with van der Waals surface area (Å²) in [4.78, 5) is 25.7. The van der Waals surface area contributed by atoms with Crippen LogP contribution >= 0.6 is 0 Å². The summed E-state index contributed by atoms with van der Waals surface area (Å²) < 4.78 is 6.48. The van der Waals surface area contributed by atoms with Crippen molar-refractivity contribution in [2.24, 2.45) is 5.92 Å². The molecule has 2 aliphatic heterocycles. The molecular formula is C15H20N2O4. The molecule has 3 rings (SSSR count). The van der Waals surface area contributed by atoms with Gasteiger partial charge >= 0.3 is 5.97 Å². The van der Waals surface area contributed by atoms with Crippen molar-refractivity contribution in [3.8, 4) is 0 Å². The largest absolute Gasteiger partial charge is 0.468 e. The Hall–Kier alpha value is -1.66. The van der Waals surface area contributed by atoms with Crippen LogP contribution in [0.4, 0.5) is 0 Å². The molecule has 1 saturated heterocycles. The molecule has 0 aromatic carbocycles. The lowest BCUT2D eigenvalue weighted by atomic mass is 9.78. The highest BCUT2D eigenvalue weighted by molar-refractivity contribution is 5.71. The Morgan fingerprint density at radius 1 is 1.43 bits per heavy atom. The third kappa shape index (κ3) is 2.49. The number of methoxy groups -OCH3 is 1. The van der Waals surface area contributed by atoms with E-state index in [0.717, 1.165) is 18.7 Å². The predicted molar refractivity (Wildman–Crippen MR) is 76.1 cm³/mol. The van der Waals surface area contributed by atoms with Gasteiger partial charge in [0.05, 0.1) is 26.3 Å². The Morgan fingerprint density at radius 3 is 2.95 bits per heavy atom. The molecule has 1 N–H and O–H groups in total. The van der Waals surface area contributed by atoms with Crippen LogP contribution in [0.2, 0.25) is 0 Å². The molecule has 1 aromatic heterocycles. The van der Waals surface area contributed by atoms with Gasteiger partial charge in [-0.05, 0) is 18.4 Å². The lowest BCUT2D eigenvalue weighted by Crippen LogP contribution is -2.51. The molecule has 0 radical (unpaired) electrons. The van der Waals surface area contributed by atoms with E-state index in [1.54, 1.807) is 16.7 Å². The van der Waals surface area contributed by atoms with Gasteiger partial charge in [0.2, 0.25) is 0 Å². The number of fused-ring (bicyclic) bond motifs is 4. The first-order valence-electron chi connectivity index (χ1n) is 7.25. The molecule has 2 aliphatic rings. The van der Waals surface area contributed by atoms with E-state index in [1.165, 1.54) is 7.11 Å². The van der Waals surface area contributed by atoms with E-state index < -0.39 is 0 Å². The molecule has 0 spiro atoms. The molecular weight excluding hydrogens is 272 g/mol. The molecule has 3 atom stereocenters. The molecule has 0 saturated carbocycles. The minimum atomic E-state index is -0.249. The Morgan fingerprint density at radius 2 is 2.24 bits per heavy atom. The Labute approximate surface area is 122 Å². The molecule has 21 heavy (non-hydrogen) atoms. The molecule has 6 heteroatoms. The second kappa shape index (κ2) is 5.61. The summed E-state index contributed by atoms with van der Waals surface area (Å²) in [7, 11) is 1.39. The van der Waals surface area contributed by atoms with Crippen molar-refractivity contribution in [1.82, 2.24) is 9.47 Å². The maximum atomic E-state index is 12.1. The van der Waals surface area contributed by atoms with E-state index in [9.17, 15) is 14.7 Å². The van der Waals surface area contributed by atoms with Gasteiger partial charge in [-0.1, -0.05) is 6.07 Å². The van der Waals surface area contributed by atoms with Gasteiger partial charge < -0.3 is 14.4 Å². The van der Waals surface area contributed by atoms with Crippen molar-refractivity contribution in [2.75, 3.05) is 33.4 Å². The molecule has 3 heterocycles. The SMILES string of the molecule is COC(=O)CN1C[C@H]2C[C@@H](C1)[C@H](CO)n1c2cccc1=O. The fourth-order valence-corrected chi connectivity index (χ4v) is 3.75. The summed E-state index contributed by atoms with van der Waals surface area (Å²) in [5.74, 6) is 0.164. The first-order chi connectivity index (χ1) is 10.1. The number of esters is 1. The minimum Gasteiger partial charge on any atom is -0.468 e. The topological polar surface area (TPSA) is 71.8 Å². The normalized spacial score (nSPS) is 28.0. The summed E-state index contributed by atoms with van der Waals surface area (Å²) in [5.41, 5.74) is 0.912. The van der Waals surface area contributed by atoms with E-state index in [4.69, 9.17) is 4.74 Å². The second-order valence-electron chi connectivity index (χ2n) is 5.87. The maximum absolute atomic E-state index is 12.1. The number of pyridine rings is 1. The molecule has 0 amide bonds. The highest BCUT2D eigenvalue weighted by atomic mass is 16.5. The lowest BCUT2D eigenvalue weighted by molar-refractivity contribution is -0.142. The number of carbonyl (C=O) groups excluding carboxylic acids is 1. The van der Waals surface area contributed by atoms with Gasteiger partial charge in [-0.15, -0.1) is 0 Å². The highest BCUT2D eigenvalue weighted by Crippen LogP contribution is 2.40. The number of aliphatic hydroxyl groups is 1. The van der Waals surface area contributed by atoms with Gasteiger partial charge in [-0.25, -0.2) is 0 Å². The zero-order valence-corrected chi connectivity index (χ0v) is 12.1. The fraction of sp³-hybridized carbons (Fsp3) is 0.600. The van der Waals surface area contributed by atoms with Gasteiger partial charge in [-0.3, -0.25) is 14.5 Å². The fourth-order valence-electron chi connectivity index (χ4n) is 3.75. The molecule has 114 valence electrons. The first-order valence-corrected chi connectivity index (χ1v) is 7.25. The quantitative estimate of drug-likeness (QED) is 0.792. The summed E-state index contributed by atoms with van der Waals surface area (Å²) in [5, 5.41) is 9.72. The smallest absolute Gasteiger partial charge is 0.319 e. The van der Waals surface area contributed by atoms with E-state index in [2.05, 4.69) is 4.90 Å². The summed E-state index contributed by atoms with van der Waals surface area (Å²) in [6.45, 7) is 1.66. The van der Waals surface area contributed by atoms with Crippen LogP contribution < -0.4 is 5.56 Å².